The van der Waals surface area contributed by atoms with Gasteiger partial charge in [0.05, 0.1) is 16.7 Å². The topological polar surface area (TPSA) is 56.7 Å². The Labute approximate surface area is 322 Å². The van der Waals surface area contributed by atoms with Crippen LogP contribution in [0.1, 0.15) is 0 Å². The van der Waals surface area contributed by atoms with E-state index >= 15 is 0 Å². The summed E-state index contributed by atoms with van der Waals surface area (Å²) in [5.74, 6) is 1.85. The quantitative estimate of drug-likeness (QED) is 0.172. The first kappa shape index (κ1) is 31.9. The molecule has 262 valence electrons. The molecule has 8 aromatic carbocycles. The molecule has 5 nitrogen and oxygen atoms in total. The Hall–Kier alpha value is -7.63. The molecule has 5 heteroatoms. The van der Waals surface area contributed by atoms with Crippen molar-refractivity contribution < 1.29 is 4.42 Å². The van der Waals surface area contributed by atoms with Gasteiger partial charge in [-0.05, 0) is 41.0 Å². The third-order valence-electron chi connectivity index (χ3n) is 10.7. The Bertz CT molecular complexity index is 3240. The molecular weight excluding hydrogens is 685 g/mol. The van der Waals surface area contributed by atoms with Crippen molar-refractivity contribution in [3.63, 3.8) is 0 Å². The number of benzene rings is 8. The summed E-state index contributed by atoms with van der Waals surface area (Å²) in [6.45, 7) is 0. The fourth-order valence-corrected chi connectivity index (χ4v) is 8.10. The molecule has 3 heterocycles. The van der Waals surface area contributed by atoms with E-state index in [0.717, 1.165) is 88.4 Å². The molecule has 11 rings (SSSR count). The van der Waals surface area contributed by atoms with Gasteiger partial charge in [0.2, 0.25) is 0 Å². The number of furan rings is 1. The van der Waals surface area contributed by atoms with Crippen LogP contribution < -0.4 is 0 Å². The lowest BCUT2D eigenvalue weighted by atomic mass is 10.0. The average Bonchev–Trinajstić information content (AvgIpc) is 3.83. The second-order valence-corrected chi connectivity index (χ2v) is 14.0. The van der Waals surface area contributed by atoms with Gasteiger partial charge in [-0.3, -0.25) is 0 Å². The molecule has 0 aliphatic heterocycles. The molecule has 0 spiro atoms. The van der Waals surface area contributed by atoms with Crippen molar-refractivity contribution in [3.8, 4) is 62.1 Å². The van der Waals surface area contributed by atoms with Gasteiger partial charge in [0.25, 0.3) is 0 Å². The highest BCUT2D eigenvalue weighted by Crippen LogP contribution is 2.43. The van der Waals surface area contributed by atoms with Crippen molar-refractivity contribution in [3.05, 3.63) is 194 Å². The Morgan fingerprint density at radius 1 is 0.339 bits per heavy atom. The molecule has 0 aliphatic rings. The first-order valence-corrected chi connectivity index (χ1v) is 18.8. The Morgan fingerprint density at radius 2 is 0.857 bits per heavy atom. The minimum atomic E-state index is 0.613. The van der Waals surface area contributed by atoms with Crippen molar-refractivity contribution in [2.24, 2.45) is 0 Å². The zero-order chi connectivity index (χ0) is 37.0. The summed E-state index contributed by atoms with van der Waals surface area (Å²) in [5, 5.41) is 4.33. The fraction of sp³-hybridized carbons (Fsp3) is 0. The third kappa shape index (κ3) is 5.21. The van der Waals surface area contributed by atoms with Crippen LogP contribution in [0.15, 0.2) is 199 Å². The molecule has 0 atom stereocenters. The number of fused-ring (bicyclic) bond motifs is 6. The number of aromatic nitrogens is 4. The van der Waals surface area contributed by atoms with Crippen molar-refractivity contribution in [2.75, 3.05) is 0 Å². The second-order valence-electron chi connectivity index (χ2n) is 14.0. The average molecular weight is 717 g/mol. The Morgan fingerprint density at radius 3 is 1.64 bits per heavy atom. The van der Waals surface area contributed by atoms with Crippen LogP contribution in [0.2, 0.25) is 0 Å². The summed E-state index contributed by atoms with van der Waals surface area (Å²) in [7, 11) is 0. The SMILES string of the molecule is c1ccc(-c2cccc(-c3nc(-c4ccccc4)nc(-c4cccc5c4c4ccccc4n5-c4cccc5c4oc4c(-c6ccccc6)cccc45)n3)c2)cc1. The number of hydrogen-bond acceptors (Lipinski definition) is 4. The smallest absolute Gasteiger partial charge is 0.164 e. The maximum atomic E-state index is 6.92. The van der Waals surface area contributed by atoms with Crippen molar-refractivity contribution in [1.29, 1.82) is 0 Å². The van der Waals surface area contributed by atoms with E-state index in [1.807, 2.05) is 42.5 Å². The zero-order valence-corrected chi connectivity index (χ0v) is 30.2. The summed E-state index contributed by atoms with van der Waals surface area (Å²) in [6.07, 6.45) is 0. The van der Waals surface area contributed by atoms with E-state index < -0.39 is 0 Å². The van der Waals surface area contributed by atoms with Gasteiger partial charge in [-0.1, -0.05) is 170 Å². The van der Waals surface area contributed by atoms with Crippen LogP contribution in [0.4, 0.5) is 0 Å². The van der Waals surface area contributed by atoms with E-state index in [1.165, 1.54) is 0 Å². The van der Waals surface area contributed by atoms with E-state index in [-0.39, 0.29) is 0 Å². The van der Waals surface area contributed by atoms with Crippen LogP contribution in [0.25, 0.3) is 106 Å². The van der Waals surface area contributed by atoms with E-state index in [1.54, 1.807) is 0 Å². The van der Waals surface area contributed by atoms with Crippen molar-refractivity contribution >= 4 is 43.7 Å². The molecule has 3 aromatic heterocycles. The van der Waals surface area contributed by atoms with E-state index in [2.05, 4.69) is 156 Å². The molecule has 0 N–H and O–H groups in total. The zero-order valence-electron chi connectivity index (χ0n) is 30.2. The van der Waals surface area contributed by atoms with Gasteiger partial charge in [-0.2, -0.15) is 0 Å². The van der Waals surface area contributed by atoms with Gasteiger partial charge in [-0.25, -0.2) is 15.0 Å². The minimum Gasteiger partial charge on any atom is -0.453 e. The maximum absolute atomic E-state index is 6.92. The molecule has 0 saturated carbocycles. The van der Waals surface area contributed by atoms with Crippen LogP contribution >= 0.6 is 0 Å². The minimum absolute atomic E-state index is 0.613. The highest BCUT2D eigenvalue weighted by molar-refractivity contribution is 6.17. The molecule has 0 unspecified atom stereocenters. The Balaban J connectivity index is 1.15. The van der Waals surface area contributed by atoms with Crippen LogP contribution in [-0.2, 0) is 0 Å². The van der Waals surface area contributed by atoms with Crippen LogP contribution in [0.3, 0.4) is 0 Å². The number of hydrogen-bond donors (Lipinski definition) is 0. The molecule has 0 radical (unpaired) electrons. The summed E-state index contributed by atoms with van der Waals surface area (Å²) in [6, 6.07) is 67.2. The van der Waals surface area contributed by atoms with Crippen LogP contribution in [-0.4, -0.2) is 19.5 Å². The number of nitrogens with zero attached hydrogens (tertiary/aromatic N) is 4. The predicted molar refractivity (Wildman–Crippen MR) is 229 cm³/mol. The molecule has 11 aromatic rings. The predicted octanol–water partition coefficient (Wildman–Crippen LogP) is 13.2. The van der Waals surface area contributed by atoms with Crippen molar-refractivity contribution in [2.45, 2.75) is 0 Å². The molecule has 0 fully saturated rings. The van der Waals surface area contributed by atoms with E-state index in [4.69, 9.17) is 19.4 Å². The Kier molecular flexibility index (Phi) is 7.42. The van der Waals surface area contributed by atoms with Gasteiger partial charge in [0, 0.05) is 43.8 Å². The molecular formula is C51H32N4O. The molecule has 0 amide bonds. The first-order valence-electron chi connectivity index (χ1n) is 18.8. The normalized spacial score (nSPS) is 11.6. The first-order chi connectivity index (χ1) is 27.8. The second kappa shape index (κ2) is 13.0. The molecule has 56 heavy (non-hydrogen) atoms. The summed E-state index contributed by atoms with van der Waals surface area (Å²) < 4.78 is 9.25. The monoisotopic (exact) mass is 716 g/mol. The lowest BCUT2D eigenvalue weighted by Crippen LogP contribution is -2.00. The largest absolute Gasteiger partial charge is 0.453 e. The lowest BCUT2D eigenvalue weighted by Gasteiger charge is -2.11. The maximum Gasteiger partial charge on any atom is 0.164 e. The van der Waals surface area contributed by atoms with Gasteiger partial charge < -0.3 is 8.98 Å². The third-order valence-corrected chi connectivity index (χ3v) is 10.7. The molecule has 0 aliphatic carbocycles. The number of para-hydroxylation sites is 3. The molecule has 0 saturated heterocycles. The van der Waals surface area contributed by atoms with Crippen LogP contribution in [0, 0.1) is 0 Å². The highest BCUT2D eigenvalue weighted by atomic mass is 16.3. The van der Waals surface area contributed by atoms with Gasteiger partial charge >= 0.3 is 0 Å². The highest BCUT2D eigenvalue weighted by Gasteiger charge is 2.22. The van der Waals surface area contributed by atoms with Gasteiger partial charge in [0.15, 0.2) is 23.1 Å². The standard InChI is InChI=1S/C51H32N4O/c1-4-16-33(17-5-1)36-22-12-23-37(32-36)50-52-49(35-20-8-3-9-21-35)53-51(54-50)42-28-15-30-44-46(42)41-24-10-11-29-43(41)55(44)45-31-14-27-40-39-26-13-25-38(47(39)56-48(40)45)34-18-6-2-7-19-34/h1-32H. The summed E-state index contributed by atoms with van der Waals surface area (Å²) in [4.78, 5) is 15.5. The summed E-state index contributed by atoms with van der Waals surface area (Å²) in [5.41, 5.74) is 12.0. The van der Waals surface area contributed by atoms with Gasteiger partial charge in [-0.15, -0.1) is 0 Å². The van der Waals surface area contributed by atoms with Gasteiger partial charge in [0.1, 0.15) is 5.58 Å². The van der Waals surface area contributed by atoms with Crippen LogP contribution in [0.5, 0.6) is 0 Å². The summed E-state index contributed by atoms with van der Waals surface area (Å²) >= 11 is 0. The molecule has 0 bridgehead atoms. The lowest BCUT2D eigenvalue weighted by molar-refractivity contribution is 0.667. The van der Waals surface area contributed by atoms with E-state index in [9.17, 15) is 0 Å². The van der Waals surface area contributed by atoms with E-state index in [0.29, 0.717) is 17.5 Å². The number of rotatable bonds is 6. The fourth-order valence-electron chi connectivity index (χ4n) is 8.10. The van der Waals surface area contributed by atoms with Crippen molar-refractivity contribution in [1.82, 2.24) is 19.5 Å².